The Bertz CT molecular complexity index is 563. The molecule has 1 atom stereocenters. The number of hydrogen-bond donors (Lipinski definition) is 2. The Morgan fingerprint density at radius 1 is 1.44 bits per heavy atom. The van der Waals surface area contributed by atoms with E-state index >= 15 is 0 Å². The first kappa shape index (κ1) is 12.7. The van der Waals surface area contributed by atoms with Crippen LogP contribution in [0.4, 0.5) is 5.69 Å². The van der Waals surface area contributed by atoms with Crippen molar-refractivity contribution in [2.45, 2.75) is 19.9 Å². The average molecular weight is 261 g/mol. The van der Waals surface area contributed by atoms with Gasteiger partial charge in [0, 0.05) is 11.1 Å². The summed E-state index contributed by atoms with van der Waals surface area (Å²) in [6.45, 7) is 3.80. The van der Waals surface area contributed by atoms with Gasteiger partial charge in [0.15, 0.2) is 0 Å². The zero-order valence-corrected chi connectivity index (χ0v) is 11.1. The smallest absolute Gasteiger partial charge is 0.275 e. The first-order chi connectivity index (χ1) is 8.58. The van der Waals surface area contributed by atoms with Crippen molar-refractivity contribution in [2.75, 3.05) is 5.32 Å². The van der Waals surface area contributed by atoms with E-state index in [1.54, 1.807) is 5.38 Å². The predicted octanol–water partition coefficient (Wildman–Crippen LogP) is 2.72. The number of aromatic nitrogens is 1. The maximum absolute atomic E-state index is 12.0. The van der Waals surface area contributed by atoms with Crippen molar-refractivity contribution in [3.8, 4) is 0 Å². The quantitative estimate of drug-likeness (QED) is 0.892. The molecule has 0 aliphatic rings. The van der Waals surface area contributed by atoms with Gasteiger partial charge in [-0.05, 0) is 25.5 Å². The second-order valence-electron chi connectivity index (χ2n) is 4.13. The standard InChI is InChI=1S/C13H15N3OS/c1-8-5-3-4-6-10(8)15-12(17)11-7-18-13(16-11)9(2)14/h3-7,9H,14H2,1-2H3,(H,15,17). The molecular formula is C13H15N3OS. The minimum absolute atomic E-state index is 0.144. The third-order valence-electron chi connectivity index (χ3n) is 2.54. The number of nitrogens with zero attached hydrogens (tertiary/aromatic N) is 1. The fourth-order valence-electron chi connectivity index (χ4n) is 1.50. The molecule has 0 saturated carbocycles. The molecule has 0 fully saturated rings. The summed E-state index contributed by atoms with van der Waals surface area (Å²) in [6.07, 6.45) is 0. The highest BCUT2D eigenvalue weighted by atomic mass is 32.1. The molecule has 1 unspecified atom stereocenters. The van der Waals surface area contributed by atoms with Crippen LogP contribution in [-0.4, -0.2) is 10.9 Å². The SMILES string of the molecule is Cc1ccccc1NC(=O)c1csc(C(C)N)n1. The highest BCUT2D eigenvalue weighted by molar-refractivity contribution is 7.09. The van der Waals surface area contributed by atoms with Gasteiger partial charge in [0.05, 0.1) is 6.04 Å². The molecule has 5 heteroatoms. The number of hydrogen-bond acceptors (Lipinski definition) is 4. The van der Waals surface area contributed by atoms with E-state index in [1.807, 2.05) is 38.1 Å². The van der Waals surface area contributed by atoms with Gasteiger partial charge in [-0.15, -0.1) is 11.3 Å². The molecular weight excluding hydrogens is 246 g/mol. The summed E-state index contributed by atoms with van der Waals surface area (Å²) < 4.78 is 0. The second-order valence-corrected chi connectivity index (χ2v) is 5.02. The van der Waals surface area contributed by atoms with Gasteiger partial charge in [-0.1, -0.05) is 18.2 Å². The Balaban J connectivity index is 2.15. The van der Waals surface area contributed by atoms with Gasteiger partial charge in [0.2, 0.25) is 0 Å². The number of carbonyl (C=O) groups excluding carboxylic acids is 1. The van der Waals surface area contributed by atoms with E-state index in [0.29, 0.717) is 5.69 Å². The molecule has 4 nitrogen and oxygen atoms in total. The van der Waals surface area contributed by atoms with Crippen molar-refractivity contribution >= 4 is 22.9 Å². The lowest BCUT2D eigenvalue weighted by molar-refractivity contribution is 0.102. The number of aryl methyl sites for hydroxylation is 1. The molecule has 0 radical (unpaired) electrons. The van der Waals surface area contributed by atoms with Crippen molar-refractivity contribution in [1.82, 2.24) is 4.98 Å². The summed E-state index contributed by atoms with van der Waals surface area (Å²) in [4.78, 5) is 16.2. The predicted molar refractivity (Wildman–Crippen MR) is 73.8 cm³/mol. The molecule has 2 aromatic rings. The van der Waals surface area contributed by atoms with Crippen molar-refractivity contribution in [3.63, 3.8) is 0 Å². The largest absolute Gasteiger partial charge is 0.322 e. The third kappa shape index (κ3) is 2.75. The summed E-state index contributed by atoms with van der Waals surface area (Å²) in [5.74, 6) is -0.201. The highest BCUT2D eigenvalue weighted by Gasteiger charge is 2.13. The van der Waals surface area contributed by atoms with Crippen LogP contribution in [0.15, 0.2) is 29.6 Å². The van der Waals surface area contributed by atoms with Crippen LogP contribution >= 0.6 is 11.3 Å². The lowest BCUT2D eigenvalue weighted by atomic mass is 10.2. The number of benzene rings is 1. The summed E-state index contributed by atoms with van der Waals surface area (Å²) in [6, 6.07) is 7.49. The Morgan fingerprint density at radius 2 is 2.17 bits per heavy atom. The van der Waals surface area contributed by atoms with E-state index in [1.165, 1.54) is 11.3 Å². The Labute approximate surface area is 110 Å². The van der Waals surface area contributed by atoms with E-state index in [2.05, 4.69) is 10.3 Å². The van der Waals surface area contributed by atoms with Crippen LogP contribution in [0.1, 0.15) is 34.0 Å². The number of thiazole rings is 1. The van der Waals surface area contributed by atoms with Crippen molar-refractivity contribution in [3.05, 3.63) is 45.9 Å². The third-order valence-corrected chi connectivity index (χ3v) is 3.58. The van der Waals surface area contributed by atoms with E-state index in [9.17, 15) is 4.79 Å². The van der Waals surface area contributed by atoms with Crippen molar-refractivity contribution < 1.29 is 4.79 Å². The Hall–Kier alpha value is -1.72. The first-order valence-electron chi connectivity index (χ1n) is 5.66. The number of rotatable bonds is 3. The molecule has 18 heavy (non-hydrogen) atoms. The lowest BCUT2D eigenvalue weighted by Crippen LogP contribution is -2.14. The van der Waals surface area contributed by atoms with Gasteiger partial charge in [0.25, 0.3) is 5.91 Å². The zero-order valence-electron chi connectivity index (χ0n) is 10.3. The molecule has 3 N–H and O–H groups in total. The molecule has 0 spiro atoms. The Kier molecular flexibility index (Phi) is 3.74. The minimum Gasteiger partial charge on any atom is -0.322 e. The molecule has 1 amide bonds. The Morgan fingerprint density at radius 3 is 2.78 bits per heavy atom. The number of nitrogens with two attached hydrogens (primary N) is 1. The van der Waals surface area contributed by atoms with E-state index in [0.717, 1.165) is 16.3 Å². The highest BCUT2D eigenvalue weighted by Crippen LogP contribution is 2.18. The number of anilines is 1. The summed E-state index contributed by atoms with van der Waals surface area (Å²) in [7, 11) is 0. The fraction of sp³-hybridized carbons (Fsp3) is 0.231. The average Bonchev–Trinajstić information content (AvgIpc) is 2.81. The maximum Gasteiger partial charge on any atom is 0.275 e. The summed E-state index contributed by atoms with van der Waals surface area (Å²) in [5, 5.41) is 5.34. The van der Waals surface area contributed by atoms with Gasteiger partial charge in [-0.3, -0.25) is 4.79 Å². The van der Waals surface area contributed by atoms with Crippen molar-refractivity contribution in [1.29, 1.82) is 0 Å². The van der Waals surface area contributed by atoms with E-state index in [4.69, 9.17) is 5.73 Å². The normalized spacial score (nSPS) is 12.2. The number of nitrogens with one attached hydrogen (secondary N) is 1. The minimum atomic E-state index is -0.201. The second kappa shape index (κ2) is 5.29. The molecule has 2 rings (SSSR count). The molecule has 0 aliphatic heterocycles. The zero-order chi connectivity index (χ0) is 13.1. The molecule has 0 aliphatic carbocycles. The molecule has 1 aromatic heterocycles. The molecule has 0 saturated heterocycles. The van der Waals surface area contributed by atoms with Crippen molar-refractivity contribution in [2.24, 2.45) is 5.73 Å². The fourth-order valence-corrected chi connectivity index (χ4v) is 2.26. The monoisotopic (exact) mass is 261 g/mol. The first-order valence-corrected chi connectivity index (χ1v) is 6.54. The number of para-hydroxylation sites is 1. The van der Waals surface area contributed by atoms with Gasteiger partial charge < -0.3 is 11.1 Å². The number of carbonyl (C=O) groups is 1. The number of amides is 1. The lowest BCUT2D eigenvalue weighted by Gasteiger charge is -2.06. The van der Waals surface area contributed by atoms with E-state index in [-0.39, 0.29) is 11.9 Å². The van der Waals surface area contributed by atoms with Gasteiger partial charge in [-0.25, -0.2) is 4.98 Å². The molecule has 0 bridgehead atoms. The van der Waals surface area contributed by atoms with Crippen LogP contribution in [0.3, 0.4) is 0 Å². The summed E-state index contributed by atoms with van der Waals surface area (Å²) >= 11 is 1.40. The van der Waals surface area contributed by atoms with Crippen LogP contribution in [0.2, 0.25) is 0 Å². The van der Waals surface area contributed by atoms with Crippen LogP contribution in [0.25, 0.3) is 0 Å². The summed E-state index contributed by atoms with van der Waals surface area (Å²) in [5.41, 5.74) is 7.96. The van der Waals surface area contributed by atoms with Crippen LogP contribution < -0.4 is 11.1 Å². The van der Waals surface area contributed by atoms with Crippen LogP contribution in [-0.2, 0) is 0 Å². The van der Waals surface area contributed by atoms with Crippen LogP contribution in [0, 0.1) is 6.92 Å². The molecule has 1 aromatic carbocycles. The maximum atomic E-state index is 12.0. The van der Waals surface area contributed by atoms with Gasteiger partial charge >= 0.3 is 0 Å². The molecule has 94 valence electrons. The van der Waals surface area contributed by atoms with Gasteiger partial charge in [0.1, 0.15) is 10.7 Å². The van der Waals surface area contributed by atoms with Crippen LogP contribution in [0.5, 0.6) is 0 Å². The van der Waals surface area contributed by atoms with E-state index < -0.39 is 0 Å². The van der Waals surface area contributed by atoms with Gasteiger partial charge in [-0.2, -0.15) is 0 Å². The molecule has 1 heterocycles. The topological polar surface area (TPSA) is 68.0 Å².